The number of thiophene rings is 1. The molecule has 154 valence electrons. The van der Waals surface area contributed by atoms with Gasteiger partial charge in [-0.25, -0.2) is 9.97 Å². The minimum atomic E-state index is -0.208. The smallest absolute Gasteiger partial charge is 0.304 e. The first-order valence-electron chi connectivity index (χ1n) is 10.3. The fourth-order valence-corrected chi connectivity index (χ4v) is 5.26. The average molecular weight is 416 g/mol. The van der Waals surface area contributed by atoms with Crippen LogP contribution in [0.1, 0.15) is 38.3 Å². The summed E-state index contributed by atoms with van der Waals surface area (Å²) in [6.07, 6.45) is 3.53. The second-order valence-corrected chi connectivity index (χ2v) is 9.26. The van der Waals surface area contributed by atoms with Gasteiger partial charge in [-0.15, -0.1) is 11.3 Å². The van der Waals surface area contributed by atoms with Crippen molar-refractivity contribution in [3.05, 3.63) is 17.5 Å². The minimum Gasteiger partial charge on any atom is -0.461 e. The Labute approximate surface area is 174 Å². The van der Waals surface area contributed by atoms with E-state index < -0.39 is 0 Å². The number of hydrogen-bond acceptors (Lipinski definition) is 7. The number of fused-ring (bicyclic) bond motifs is 5. The van der Waals surface area contributed by atoms with Crippen molar-refractivity contribution in [3.63, 3.8) is 0 Å². The molecule has 0 aliphatic carbocycles. The molecule has 0 spiro atoms. The summed E-state index contributed by atoms with van der Waals surface area (Å²) in [7, 11) is 0. The van der Waals surface area contributed by atoms with Gasteiger partial charge >= 0.3 is 5.88 Å². The number of rotatable bonds is 4. The van der Waals surface area contributed by atoms with Gasteiger partial charge in [-0.1, -0.05) is 6.92 Å². The van der Waals surface area contributed by atoms with Gasteiger partial charge < -0.3 is 19.1 Å². The van der Waals surface area contributed by atoms with Crippen LogP contribution in [0.4, 0.5) is 5.82 Å². The van der Waals surface area contributed by atoms with E-state index in [2.05, 4.69) is 30.7 Å². The highest BCUT2D eigenvalue weighted by molar-refractivity contribution is 7.25. The molecule has 2 aliphatic heterocycles. The molecule has 7 nitrogen and oxygen atoms in total. The van der Waals surface area contributed by atoms with E-state index in [1.807, 2.05) is 0 Å². The zero-order valence-electron chi connectivity index (χ0n) is 17.2. The number of ether oxygens (including phenoxy) is 3. The second kappa shape index (κ2) is 7.34. The summed E-state index contributed by atoms with van der Waals surface area (Å²) in [5, 5.41) is 1.16. The average Bonchev–Trinajstić information content (AvgIpc) is 3.11. The molecule has 3 aromatic rings. The molecule has 1 saturated heterocycles. The zero-order valence-corrected chi connectivity index (χ0v) is 18.0. The van der Waals surface area contributed by atoms with Gasteiger partial charge in [0.25, 0.3) is 6.33 Å². The third kappa shape index (κ3) is 3.33. The van der Waals surface area contributed by atoms with E-state index in [9.17, 15) is 0 Å². The molecular formula is C21H27N4O3S+. The maximum atomic E-state index is 6.19. The molecule has 0 saturated carbocycles. The van der Waals surface area contributed by atoms with Crippen LogP contribution in [0.25, 0.3) is 20.4 Å². The van der Waals surface area contributed by atoms with Gasteiger partial charge in [0.1, 0.15) is 10.6 Å². The number of pyridine rings is 1. The van der Waals surface area contributed by atoms with Crippen molar-refractivity contribution in [2.75, 3.05) is 37.8 Å². The predicted octanol–water partition coefficient (Wildman–Crippen LogP) is 3.14. The SMILES string of the molecule is CCCOc1[nH+]cnc2c1sc1nc(N3CCOCC3)c3c(c12)CC(C)(C)OC3. The maximum absolute atomic E-state index is 6.19. The van der Waals surface area contributed by atoms with Crippen LogP contribution in [0.15, 0.2) is 6.33 Å². The van der Waals surface area contributed by atoms with Gasteiger partial charge in [-0.2, -0.15) is 0 Å². The number of aromatic nitrogens is 3. The van der Waals surface area contributed by atoms with Crippen LogP contribution in [-0.4, -0.2) is 48.5 Å². The summed E-state index contributed by atoms with van der Waals surface area (Å²) in [5.74, 6) is 1.82. The molecule has 0 aromatic carbocycles. The first kappa shape index (κ1) is 19.0. The van der Waals surface area contributed by atoms with Crippen LogP contribution in [0.5, 0.6) is 5.88 Å². The number of H-pyrrole nitrogens is 1. The molecule has 1 fully saturated rings. The van der Waals surface area contributed by atoms with Crippen molar-refractivity contribution >= 4 is 37.6 Å². The van der Waals surface area contributed by atoms with Crippen LogP contribution in [0.3, 0.4) is 0 Å². The number of nitrogens with zero attached hydrogens (tertiary/aromatic N) is 3. The van der Waals surface area contributed by atoms with Crippen molar-refractivity contribution in [1.29, 1.82) is 0 Å². The quantitative estimate of drug-likeness (QED) is 0.652. The predicted molar refractivity (Wildman–Crippen MR) is 113 cm³/mol. The number of hydrogen-bond donors (Lipinski definition) is 0. The van der Waals surface area contributed by atoms with E-state index in [1.165, 1.54) is 11.1 Å². The normalized spacial score (nSPS) is 18.9. The Hall–Kier alpha value is -2.03. The largest absolute Gasteiger partial charge is 0.461 e. The summed E-state index contributed by atoms with van der Waals surface area (Å²) in [4.78, 5) is 16.3. The molecular weight excluding hydrogens is 388 g/mol. The fourth-order valence-electron chi connectivity index (χ4n) is 4.15. The van der Waals surface area contributed by atoms with Gasteiger partial charge in [-0.05, 0) is 30.8 Å². The molecule has 0 radical (unpaired) electrons. The molecule has 3 aromatic heterocycles. The summed E-state index contributed by atoms with van der Waals surface area (Å²) in [5.41, 5.74) is 3.29. The summed E-state index contributed by atoms with van der Waals surface area (Å²) in [6, 6.07) is 0. The van der Waals surface area contributed by atoms with Crippen LogP contribution >= 0.6 is 11.3 Å². The Balaban J connectivity index is 1.75. The topological polar surface area (TPSA) is 70.9 Å². The Bertz CT molecular complexity index is 1060. The highest BCUT2D eigenvalue weighted by Crippen LogP contribution is 2.44. The standard InChI is InChI=1S/C21H26N4O3S/c1-4-7-27-19-17-16(22-12-23-19)15-13-10-21(2,3)28-11-14(13)18(24-20(15)29-17)25-5-8-26-9-6-25/h12H,4-11H2,1-3H3/p+1. The van der Waals surface area contributed by atoms with Crippen LogP contribution in [0.2, 0.25) is 0 Å². The Kier molecular flexibility index (Phi) is 4.80. The number of nitrogens with one attached hydrogen (secondary N) is 1. The summed E-state index contributed by atoms with van der Waals surface area (Å²) >= 11 is 1.66. The highest BCUT2D eigenvalue weighted by Gasteiger charge is 2.34. The van der Waals surface area contributed by atoms with E-state index in [1.54, 1.807) is 17.7 Å². The van der Waals surface area contributed by atoms with E-state index in [0.29, 0.717) is 13.2 Å². The molecule has 1 N–H and O–H groups in total. The lowest BCUT2D eigenvalue weighted by atomic mass is 9.90. The third-order valence-corrected chi connectivity index (χ3v) is 6.65. The summed E-state index contributed by atoms with van der Waals surface area (Å²) in [6.45, 7) is 10.9. The van der Waals surface area contributed by atoms with Gasteiger partial charge in [0.15, 0.2) is 4.70 Å². The van der Waals surface area contributed by atoms with Crippen LogP contribution in [0, 0.1) is 0 Å². The highest BCUT2D eigenvalue weighted by atomic mass is 32.1. The maximum Gasteiger partial charge on any atom is 0.304 e. The molecule has 0 unspecified atom stereocenters. The van der Waals surface area contributed by atoms with Gasteiger partial charge in [-0.3, -0.25) is 0 Å². The van der Waals surface area contributed by atoms with Crippen LogP contribution in [-0.2, 0) is 22.5 Å². The molecule has 5 heterocycles. The third-order valence-electron chi connectivity index (χ3n) is 5.57. The fraction of sp³-hybridized carbons (Fsp3) is 0.571. The lowest BCUT2D eigenvalue weighted by Gasteiger charge is -2.36. The Morgan fingerprint density at radius 1 is 1.28 bits per heavy atom. The van der Waals surface area contributed by atoms with Gasteiger partial charge in [0, 0.05) is 25.1 Å². The first-order chi connectivity index (χ1) is 14.1. The van der Waals surface area contributed by atoms with E-state index >= 15 is 0 Å². The minimum absolute atomic E-state index is 0.208. The first-order valence-corrected chi connectivity index (χ1v) is 11.1. The molecule has 8 heteroatoms. The van der Waals surface area contributed by atoms with Crippen molar-refractivity contribution in [3.8, 4) is 5.88 Å². The molecule has 2 aliphatic rings. The monoisotopic (exact) mass is 415 g/mol. The molecule has 29 heavy (non-hydrogen) atoms. The van der Waals surface area contributed by atoms with Crippen molar-refractivity contribution in [2.24, 2.45) is 0 Å². The molecule has 0 atom stereocenters. The van der Waals surface area contributed by atoms with Crippen molar-refractivity contribution in [2.45, 2.75) is 45.8 Å². The zero-order chi connectivity index (χ0) is 20.0. The van der Waals surface area contributed by atoms with Gasteiger partial charge in [0.2, 0.25) is 5.52 Å². The lowest BCUT2D eigenvalue weighted by molar-refractivity contribution is -0.396. The van der Waals surface area contributed by atoms with Crippen molar-refractivity contribution < 1.29 is 19.2 Å². The Morgan fingerprint density at radius 3 is 2.90 bits per heavy atom. The van der Waals surface area contributed by atoms with E-state index in [4.69, 9.17) is 24.2 Å². The number of anilines is 1. The number of morpholine rings is 1. The van der Waals surface area contributed by atoms with E-state index in [-0.39, 0.29) is 5.60 Å². The molecule has 0 bridgehead atoms. The number of aromatic amines is 1. The molecule has 5 rings (SSSR count). The summed E-state index contributed by atoms with van der Waals surface area (Å²) < 4.78 is 18.8. The van der Waals surface area contributed by atoms with Crippen LogP contribution < -0.4 is 14.6 Å². The van der Waals surface area contributed by atoms with Crippen molar-refractivity contribution in [1.82, 2.24) is 9.97 Å². The van der Waals surface area contributed by atoms with Gasteiger partial charge in [0.05, 0.1) is 37.4 Å². The second-order valence-electron chi connectivity index (χ2n) is 8.26. The van der Waals surface area contributed by atoms with E-state index in [0.717, 1.165) is 71.3 Å². The Morgan fingerprint density at radius 2 is 2.10 bits per heavy atom. The lowest BCUT2D eigenvalue weighted by Crippen LogP contribution is -2.39. The molecule has 0 amide bonds.